The van der Waals surface area contributed by atoms with Crippen molar-refractivity contribution in [3.05, 3.63) is 34.3 Å². The highest BCUT2D eigenvalue weighted by atomic mass is 79.9. The Morgan fingerprint density at radius 3 is 3.00 bits per heavy atom. The van der Waals surface area contributed by atoms with Gasteiger partial charge >= 0.3 is 0 Å². The van der Waals surface area contributed by atoms with Crippen LogP contribution in [-0.2, 0) is 0 Å². The average Bonchev–Trinajstić information content (AvgIpc) is 2.93. The molecule has 4 heteroatoms. The van der Waals surface area contributed by atoms with Gasteiger partial charge in [-0.2, -0.15) is 11.8 Å². The van der Waals surface area contributed by atoms with Crippen molar-refractivity contribution in [3.63, 3.8) is 0 Å². The van der Waals surface area contributed by atoms with Crippen LogP contribution >= 0.6 is 27.7 Å². The van der Waals surface area contributed by atoms with Gasteiger partial charge in [0, 0.05) is 22.3 Å². The van der Waals surface area contributed by atoms with Crippen LogP contribution in [0.25, 0.3) is 0 Å². The molecule has 1 N–H and O–H groups in total. The first kappa shape index (κ1) is 15.4. The normalized spacial score (nSPS) is 20.9. The zero-order valence-electron chi connectivity index (χ0n) is 11.7. The minimum absolute atomic E-state index is 0.439. The number of nitrogens with zero attached hydrogens (tertiary/aromatic N) is 1. The molecule has 0 bridgehead atoms. The number of thioether (sulfide) groups is 1. The third kappa shape index (κ3) is 4.48. The molecule has 1 aromatic carbocycles. The van der Waals surface area contributed by atoms with E-state index in [0.29, 0.717) is 6.04 Å². The third-order valence-electron chi connectivity index (χ3n) is 3.90. The molecule has 2 rings (SSSR count). The Morgan fingerprint density at radius 2 is 2.37 bits per heavy atom. The number of nitrogens with one attached hydrogen (secondary N) is 1. The van der Waals surface area contributed by atoms with Gasteiger partial charge in [0.05, 0.1) is 0 Å². The van der Waals surface area contributed by atoms with Crippen LogP contribution < -0.4 is 5.32 Å². The van der Waals surface area contributed by atoms with E-state index in [1.54, 1.807) is 0 Å². The lowest BCUT2D eigenvalue weighted by Crippen LogP contribution is -2.34. The predicted octanol–water partition coefficient (Wildman–Crippen LogP) is 3.54. The molecule has 106 valence electrons. The number of hydrogen-bond acceptors (Lipinski definition) is 3. The van der Waals surface area contributed by atoms with E-state index in [1.807, 2.05) is 0 Å². The molecule has 0 spiro atoms. The second-order valence-corrected chi connectivity index (χ2v) is 7.25. The second kappa shape index (κ2) is 7.67. The lowest BCUT2D eigenvalue weighted by atomic mass is 10.0. The van der Waals surface area contributed by atoms with E-state index in [4.69, 9.17) is 0 Å². The molecule has 1 aliphatic rings. The second-order valence-electron chi connectivity index (χ2n) is 5.18. The van der Waals surface area contributed by atoms with Crippen LogP contribution in [0.2, 0.25) is 0 Å². The maximum atomic E-state index is 3.55. The summed E-state index contributed by atoms with van der Waals surface area (Å²) in [6.07, 6.45) is 2.51. The van der Waals surface area contributed by atoms with Gasteiger partial charge in [0.2, 0.25) is 0 Å². The molecule has 1 aromatic rings. The third-order valence-corrected chi connectivity index (χ3v) is 5.54. The lowest BCUT2D eigenvalue weighted by Gasteiger charge is -2.26. The summed E-state index contributed by atoms with van der Waals surface area (Å²) in [4.78, 5) is 2.53. The van der Waals surface area contributed by atoms with E-state index in [9.17, 15) is 0 Å². The Kier molecular flexibility index (Phi) is 6.20. The predicted molar refractivity (Wildman–Crippen MR) is 88.9 cm³/mol. The van der Waals surface area contributed by atoms with Crippen molar-refractivity contribution in [2.24, 2.45) is 0 Å². The Hall–Kier alpha value is -0.0300. The van der Waals surface area contributed by atoms with Gasteiger partial charge in [0.15, 0.2) is 0 Å². The molecule has 1 fully saturated rings. The fourth-order valence-corrected chi connectivity index (χ4v) is 4.30. The zero-order chi connectivity index (χ0) is 13.7. The maximum absolute atomic E-state index is 3.55. The van der Waals surface area contributed by atoms with Gasteiger partial charge in [-0.1, -0.05) is 28.1 Å². The molecular weight excluding hydrogens is 320 g/mol. The van der Waals surface area contributed by atoms with Gasteiger partial charge in [-0.15, -0.1) is 0 Å². The molecule has 0 aliphatic carbocycles. The summed E-state index contributed by atoms with van der Waals surface area (Å²) >= 11 is 5.64. The van der Waals surface area contributed by atoms with E-state index < -0.39 is 0 Å². The fraction of sp³-hybridized carbons (Fsp3) is 0.600. The molecule has 0 radical (unpaired) electrons. The van der Waals surface area contributed by atoms with E-state index >= 15 is 0 Å². The number of hydrogen-bond donors (Lipinski definition) is 1. The van der Waals surface area contributed by atoms with Crippen molar-refractivity contribution >= 4 is 27.7 Å². The van der Waals surface area contributed by atoms with Crippen LogP contribution in [0, 0.1) is 0 Å². The first-order valence-electron chi connectivity index (χ1n) is 6.91. The molecule has 2 atom stereocenters. The fourth-order valence-electron chi connectivity index (χ4n) is 2.59. The van der Waals surface area contributed by atoms with Crippen molar-refractivity contribution < 1.29 is 0 Å². The molecule has 19 heavy (non-hydrogen) atoms. The molecular formula is C15H23BrN2S. The van der Waals surface area contributed by atoms with Crippen LogP contribution in [0.4, 0.5) is 0 Å². The monoisotopic (exact) mass is 342 g/mol. The van der Waals surface area contributed by atoms with E-state index in [2.05, 4.69) is 76.3 Å². The molecule has 1 saturated heterocycles. The summed E-state index contributed by atoms with van der Waals surface area (Å²) in [5.74, 6) is 2.63. The highest BCUT2D eigenvalue weighted by Crippen LogP contribution is 2.24. The maximum Gasteiger partial charge on any atom is 0.0330 e. The lowest BCUT2D eigenvalue weighted by molar-refractivity contribution is 0.248. The summed E-state index contributed by atoms with van der Waals surface area (Å²) in [6, 6.07) is 9.84. The minimum atomic E-state index is 0.439. The highest BCUT2D eigenvalue weighted by Gasteiger charge is 2.20. The standard InChI is InChI=1S/C15H23BrN2S/c1-17-15(12-4-3-5-13(16)10-12)6-8-18(2)14-7-9-19-11-14/h3-5,10,14-15,17H,6-9,11H2,1-2H3. The van der Waals surface area contributed by atoms with E-state index in [1.165, 1.54) is 23.5 Å². The molecule has 1 heterocycles. The molecule has 0 amide bonds. The SMILES string of the molecule is CNC(CCN(C)C1CCSC1)c1cccc(Br)c1. The van der Waals surface area contributed by atoms with Gasteiger partial charge in [0.1, 0.15) is 0 Å². The van der Waals surface area contributed by atoms with Gasteiger partial charge in [0.25, 0.3) is 0 Å². The molecule has 2 nitrogen and oxygen atoms in total. The topological polar surface area (TPSA) is 15.3 Å². The Labute approximate surface area is 129 Å². The Balaban J connectivity index is 1.88. The quantitative estimate of drug-likeness (QED) is 0.851. The number of rotatable bonds is 6. The van der Waals surface area contributed by atoms with Gasteiger partial charge in [-0.25, -0.2) is 0 Å². The minimum Gasteiger partial charge on any atom is -0.313 e. The molecule has 0 saturated carbocycles. The summed E-state index contributed by atoms with van der Waals surface area (Å²) in [6.45, 7) is 1.16. The first-order chi connectivity index (χ1) is 9.20. The van der Waals surface area contributed by atoms with Crippen LogP contribution in [0.1, 0.15) is 24.4 Å². The van der Waals surface area contributed by atoms with Gasteiger partial charge < -0.3 is 10.2 Å². The summed E-state index contributed by atoms with van der Waals surface area (Å²) in [5.41, 5.74) is 1.37. The first-order valence-corrected chi connectivity index (χ1v) is 8.86. The summed E-state index contributed by atoms with van der Waals surface area (Å²) in [5, 5.41) is 3.44. The smallest absolute Gasteiger partial charge is 0.0330 e. The molecule has 2 unspecified atom stereocenters. The van der Waals surface area contributed by atoms with Crippen LogP contribution in [0.3, 0.4) is 0 Å². The average molecular weight is 343 g/mol. The molecule has 1 aliphatic heterocycles. The highest BCUT2D eigenvalue weighted by molar-refractivity contribution is 9.10. The Morgan fingerprint density at radius 1 is 1.53 bits per heavy atom. The van der Waals surface area contributed by atoms with Crippen molar-refractivity contribution in [1.82, 2.24) is 10.2 Å². The van der Waals surface area contributed by atoms with Crippen molar-refractivity contribution in [2.45, 2.75) is 24.9 Å². The zero-order valence-corrected chi connectivity index (χ0v) is 14.1. The van der Waals surface area contributed by atoms with E-state index in [-0.39, 0.29) is 0 Å². The van der Waals surface area contributed by atoms with Crippen LogP contribution in [-0.4, -0.2) is 43.1 Å². The Bertz CT molecular complexity index is 393. The van der Waals surface area contributed by atoms with Crippen molar-refractivity contribution in [1.29, 1.82) is 0 Å². The van der Waals surface area contributed by atoms with Gasteiger partial charge in [-0.05, 0) is 56.9 Å². The van der Waals surface area contributed by atoms with Crippen LogP contribution in [0.5, 0.6) is 0 Å². The number of benzene rings is 1. The summed E-state index contributed by atoms with van der Waals surface area (Å²) in [7, 11) is 4.32. The largest absolute Gasteiger partial charge is 0.313 e. The van der Waals surface area contributed by atoms with Crippen molar-refractivity contribution in [3.8, 4) is 0 Å². The van der Waals surface area contributed by atoms with E-state index in [0.717, 1.165) is 23.5 Å². The van der Waals surface area contributed by atoms with Crippen LogP contribution in [0.15, 0.2) is 28.7 Å². The molecule has 0 aromatic heterocycles. The number of halogens is 1. The van der Waals surface area contributed by atoms with Crippen molar-refractivity contribution in [2.75, 3.05) is 32.1 Å². The van der Waals surface area contributed by atoms with Gasteiger partial charge in [-0.3, -0.25) is 0 Å². The summed E-state index contributed by atoms with van der Waals surface area (Å²) < 4.78 is 1.16.